The summed E-state index contributed by atoms with van der Waals surface area (Å²) < 4.78 is 19.3. The number of rotatable bonds is 4. The van der Waals surface area contributed by atoms with E-state index in [1.54, 1.807) is 11.0 Å². The number of hydrogen-bond donors (Lipinski definition) is 0. The predicted molar refractivity (Wildman–Crippen MR) is 103 cm³/mol. The summed E-state index contributed by atoms with van der Waals surface area (Å²) in [5, 5.41) is 10.9. The summed E-state index contributed by atoms with van der Waals surface area (Å²) in [6, 6.07) is 4.45. The van der Waals surface area contributed by atoms with Gasteiger partial charge in [0.05, 0.1) is 25.9 Å². The highest BCUT2D eigenvalue weighted by molar-refractivity contribution is 7.87. The van der Waals surface area contributed by atoms with Crippen molar-refractivity contribution in [1.82, 2.24) is 9.88 Å². The lowest BCUT2D eigenvalue weighted by Gasteiger charge is -2.24. The van der Waals surface area contributed by atoms with Gasteiger partial charge in [-0.15, -0.1) is 11.3 Å². The molecule has 27 heavy (non-hydrogen) atoms. The summed E-state index contributed by atoms with van der Waals surface area (Å²) in [5.41, 5.74) is -0.0880. The first kappa shape index (κ1) is 19.7. The van der Waals surface area contributed by atoms with Gasteiger partial charge in [0.15, 0.2) is 4.34 Å². The first-order chi connectivity index (χ1) is 12.6. The van der Waals surface area contributed by atoms with Crippen LogP contribution in [0.4, 0.5) is 10.5 Å². The number of ether oxygens (including phenoxy) is 1. The van der Waals surface area contributed by atoms with Crippen LogP contribution in [0.2, 0.25) is 0 Å². The number of nitro groups is 1. The summed E-state index contributed by atoms with van der Waals surface area (Å²) >= 11 is 1.29. The summed E-state index contributed by atoms with van der Waals surface area (Å²) in [7, 11) is -1.31. The Labute approximate surface area is 163 Å². The van der Waals surface area contributed by atoms with Gasteiger partial charge in [0.1, 0.15) is 5.60 Å². The Balaban J connectivity index is 1.63. The van der Waals surface area contributed by atoms with Gasteiger partial charge in [0.25, 0.3) is 5.69 Å². The van der Waals surface area contributed by atoms with Gasteiger partial charge in [-0.1, -0.05) is 0 Å². The fourth-order valence-electron chi connectivity index (χ4n) is 2.85. The van der Waals surface area contributed by atoms with Crippen molar-refractivity contribution in [1.29, 1.82) is 0 Å². The van der Waals surface area contributed by atoms with Crippen LogP contribution in [0, 0.1) is 16.0 Å². The number of likely N-dealkylation sites (tertiary alicyclic amines) is 1. The molecule has 0 radical (unpaired) electrons. The van der Waals surface area contributed by atoms with E-state index < -0.39 is 21.3 Å². The lowest BCUT2D eigenvalue weighted by molar-refractivity contribution is -0.384. The largest absolute Gasteiger partial charge is 0.444 e. The van der Waals surface area contributed by atoms with Crippen molar-refractivity contribution < 1.29 is 18.7 Å². The van der Waals surface area contributed by atoms with Gasteiger partial charge in [-0.2, -0.15) is 0 Å². The van der Waals surface area contributed by atoms with E-state index in [9.17, 15) is 19.1 Å². The van der Waals surface area contributed by atoms with Crippen LogP contribution in [-0.2, 0) is 15.5 Å². The van der Waals surface area contributed by atoms with E-state index in [1.165, 1.54) is 23.5 Å². The Bertz CT molecular complexity index is 906. The van der Waals surface area contributed by atoms with Crippen molar-refractivity contribution in [3.05, 3.63) is 28.3 Å². The van der Waals surface area contributed by atoms with Crippen molar-refractivity contribution >= 4 is 44.1 Å². The fraction of sp³-hybridized carbons (Fsp3) is 0.529. The highest BCUT2D eigenvalue weighted by atomic mass is 32.2. The van der Waals surface area contributed by atoms with Crippen molar-refractivity contribution in [2.75, 3.05) is 18.8 Å². The second-order valence-corrected chi connectivity index (χ2v) is 10.2. The monoisotopic (exact) mass is 411 g/mol. The molecule has 1 aliphatic rings. The maximum Gasteiger partial charge on any atom is 0.410 e. The number of hydrogen-bond acceptors (Lipinski definition) is 7. The Morgan fingerprint density at radius 2 is 2.22 bits per heavy atom. The molecule has 1 aromatic carbocycles. The highest BCUT2D eigenvalue weighted by Gasteiger charge is 2.31. The molecular formula is C17H21N3O5S2. The molecule has 2 aromatic rings. The molecule has 1 saturated heterocycles. The van der Waals surface area contributed by atoms with Gasteiger partial charge in [0, 0.05) is 31.0 Å². The molecule has 0 unspecified atom stereocenters. The minimum absolute atomic E-state index is 0.0334. The first-order valence-corrected chi connectivity index (χ1v) is 10.7. The molecule has 1 fully saturated rings. The quantitative estimate of drug-likeness (QED) is 0.563. The molecule has 1 aromatic heterocycles. The number of thiazole rings is 1. The van der Waals surface area contributed by atoms with Crippen LogP contribution in [0.5, 0.6) is 0 Å². The molecule has 1 aliphatic heterocycles. The highest BCUT2D eigenvalue weighted by Crippen LogP contribution is 2.29. The number of nitro benzene ring substituents is 1. The third-order valence-electron chi connectivity index (χ3n) is 4.08. The Morgan fingerprint density at radius 3 is 2.89 bits per heavy atom. The predicted octanol–water partition coefficient (Wildman–Crippen LogP) is 3.57. The van der Waals surface area contributed by atoms with E-state index in [-0.39, 0.29) is 17.7 Å². The lowest BCUT2D eigenvalue weighted by atomic mass is 10.2. The zero-order valence-electron chi connectivity index (χ0n) is 15.3. The third-order valence-corrected chi connectivity index (χ3v) is 6.98. The SMILES string of the molecule is CC(C)(C)OC(=O)N1CC[C@H](C[S@](=O)c2nc3cc([N+](=O)[O-])ccc3s2)C1. The Hall–Kier alpha value is -2.07. The first-order valence-electron chi connectivity index (χ1n) is 8.53. The zero-order chi connectivity index (χ0) is 19.8. The second kappa shape index (κ2) is 7.51. The van der Waals surface area contributed by atoms with Crippen molar-refractivity contribution in [2.24, 2.45) is 5.92 Å². The minimum atomic E-state index is -1.31. The van der Waals surface area contributed by atoms with Gasteiger partial charge in [-0.3, -0.25) is 14.3 Å². The molecule has 0 saturated carbocycles. The fourth-order valence-corrected chi connectivity index (χ4v) is 5.42. The number of nitrogens with zero attached hydrogens (tertiary/aromatic N) is 3. The van der Waals surface area contributed by atoms with Gasteiger partial charge in [-0.25, -0.2) is 9.78 Å². The average Bonchev–Trinajstić information content (AvgIpc) is 3.18. The Kier molecular flexibility index (Phi) is 5.48. The maximum absolute atomic E-state index is 12.7. The van der Waals surface area contributed by atoms with E-state index in [4.69, 9.17) is 4.74 Å². The molecule has 1 amide bonds. The zero-order valence-corrected chi connectivity index (χ0v) is 17.0. The van der Waals surface area contributed by atoms with Gasteiger partial charge < -0.3 is 9.64 Å². The number of fused-ring (bicyclic) bond motifs is 1. The molecule has 146 valence electrons. The van der Waals surface area contributed by atoms with Crippen LogP contribution < -0.4 is 0 Å². The molecule has 2 atom stereocenters. The van der Waals surface area contributed by atoms with Crippen molar-refractivity contribution in [3.8, 4) is 0 Å². The topological polar surface area (TPSA) is 103 Å². The van der Waals surface area contributed by atoms with Gasteiger partial charge >= 0.3 is 6.09 Å². The normalized spacial score (nSPS) is 18.6. The number of carbonyl (C=O) groups is 1. The van der Waals surface area contributed by atoms with Crippen LogP contribution >= 0.6 is 11.3 Å². The van der Waals surface area contributed by atoms with E-state index in [0.29, 0.717) is 28.7 Å². The number of carbonyl (C=O) groups excluding carboxylic acids is 1. The van der Waals surface area contributed by atoms with Crippen molar-refractivity contribution in [3.63, 3.8) is 0 Å². The molecule has 10 heteroatoms. The molecule has 0 N–H and O–H groups in total. The third kappa shape index (κ3) is 4.81. The molecule has 0 bridgehead atoms. The minimum Gasteiger partial charge on any atom is -0.444 e. The standard InChI is InChI=1S/C17H21N3O5S2/c1-17(2,3)25-16(21)19-7-6-11(9-19)10-27(24)15-18-13-8-12(20(22)23)4-5-14(13)26-15/h4-5,8,11H,6-7,9-10H2,1-3H3/t11-,27-/m0/s1. The number of benzene rings is 1. The van der Waals surface area contributed by atoms with Gasteiger partial charge in [0.2, 0.25) is 0 Å². The van der Waals surface area contributed by atoms with Crippen LogP contribution in [-0.4, -0.2) is 49.6 Å². The van der Waals surface area contributed by atoms with Gasteiger partial charge in [-0.05, 0) is 39.2 Å². The second-order valence-electron chi connectivity index (χ2n) is 7.48. The van der Waals surface area contributed by atoms with Crippen molar-refractivity contribution in [2.45, 2.75) is 37.1 Å². The average molecular weight is 412 g/mol. The molecule has 8 nitrogen and oxygen atoms in total. The summed E-state index contributed by atoms with van der Waals surface area (Å²) in [5.74, 6) is 0.515. The number of aromatic nitrogens is 1. The molecule has 2 heterocycles. The van der Waals surface area contributed by atoms with E-state index in [1.807, 2.05) is 20.8 Å². The van der Waals surface area contributed by atoms with Crippen LogP contribution in [0.1, 0.15) is 27.2 Å². The summed E-state index contributed by atoms with van der Waals surface area (Å²) in [4.78, 5) is 28.5. The Morgan fingerprint density at radius 1 is 1.48 bits per heavy atom. The van der Waals surface area contributed by atoms with Crippen LogP contribution in [0.25, 0.3) is 10.2 Å². The maximum atomic E-state index is 12.7. The lowest BCUT2D eigenvalue weighted by Crippen LogP contribution is -2.35. The van der Waals surface area contributed by atoms with E-state index in [2.05, 4.69) is 4.98 Å². The molecule has 3 rings (SSSR count). The number of non-ortho nitro benzene ring substituents is 1. The van der Waals surface area contributed by atoms with E-state index >= 15 is 0 Å². The van der Waals surface area contributed by atoms with E-state index in [0.717, 1.165) is 11.1 Å². The summed E-state index contributed by atoms with van der Waals surface area (Å²) in [6.07, 6.45) is 0.421. The number of amides is 1. The van der Waals surface area contributed by atoms with Crippen LogP contribution in [0.3, 0.4) is 0 Å². The smallest absolute Gasteiger partial charge is 0.410 e. The van der Waals surface area contributed by atoms with Crippen LogP contribution in [0.15, 0.2) is 22.5 Å². The molecule has 0 spiro atoms. The molecule has 0 aliphatic carbocycles. The molecular weight excluding hydrogens is 390 g/mol. The summed E-state index contributed by atoms with van der Waals surface area (Å²) in [6.45, 7) is 6.57.